The topological polar surface area (TPSA) is 73.4 Å². The number of carbonyl (C=O) groups is 1. The van der Waals surface area contributed by atoms with Gasteiger partial charge in [0.15, 0.2) is 0 Å². The molecule has 31 heavy (non-hydrogen) atoms. The molecule has 3 aromatic rings. The molecule has 1 aliphatic rings. The van der Waals surface area contributed by atoms with Crippen molar-refractivity contribution in [2.24, 2.45) is 5.73 Å². The molecule has 5 heteroatoms. The van der Waals surface area contributed by atoms with Gasteiger partial charge < -0.3 is 20.9 Å². The number of amides is 1. The zero-order chi connectivity index (χ0) is 21.8. The van der Waals surface area contributed by atoms with Gasteiger partial charge in [-0.25, -0.2) is 0 Å². The number of rotatable bonds is 6. The summed E-state index contributed by atoms with van der Waals surface area (Å²) in [5.74, 6) is -0.0215. The minimum atomic E-state index is -0.0215. The average Bonchev–Trinajstić information content (AvgIpc) is 3.22. The third kappa shape index (κ3) is 4.21. The van der Waals surface area contributed by atoms with Crippen LogP contribution in [0.5, 0.6) is 0 Å². The molecule has 0 saturated carbocycles. The van der Waals surface area contributed by atoms with Crippen molar-refractivity contribution in [3.8, 4) is 0 Å². The Morgan fingerprint density at radius 2 is 1.77 bits per heavy atom. The van der Waals surface area contributed by atoms with Crippen LogP contribution in [-0.4, -0.2) is 25.7 Å². The molecular weight excluding hydrogens is 384 g/mol. The molecular formula is C26H26N4O. The van der Waals surface area contributed by atoms with E-state index >= 15 is 0 Å². The van der Waals surface area contributed by atoms with Crippen LogP contribution in [-0.2, 0) is 13.0 Å². The van der Waals surface area contributed by atoms with Crippen LogP contribution in [0.4, 0.5) is 11.4 Å². The highest BCUT2D eigenvalue weighted by Crippen LogP contribution is 2.31. The SMILES string of the molecule is CN(C(=O)c1ccc(CN2CCc3cc(/C(C=N)=C/N)ccc32)cc1)c1ccccc1. The molecule has 0 fully saturated rings. The Bertz CT molecular complexity index is 1120. The van der Waals surface area contributed by atoms with Gasteiger partial charge >= 0.3 is 0 Å². The predicted molar refractivity (Wildman–Crippen MR) is 128 cm³/mol. The first-order valence-electron chi connectivity index (χ1n) is 10.3. The molecule has 0 bridgehead atoms. The Hall–Kier alpha value is -3.86. The summed E-state index contributed by atoms with van der Waals surface area (Å²) in [6.07, 6.45) is 3.73. The minimum absolute atomic E-state index is 0.0215. The quantitative estimate of drug-likeness (QED) is 0.589. The van der Waals surface area contributed by atoms with E-state index in [4.69, 9.17) is 11.1 Å². The molecule has 0 saturated heterocycles. The smallest absolute Gasteiger partial charge is 0.258 e. The number of carbonyl (C=O) groups excluding carboxylic acids is 1. The highest BCUT2D eigenvalue weighted by Gasteiger charge is 2.20. The molecule has 0 radical (unpaired) electrons. The molecule has 0 unspecified atom stereocenters. The van der Waals surface area contributed by atoms with Gasteiger partial charge in [0, 0.05) is 55.1 Å². The number of allylic oxidation sites excluding steroid dienone is 1. The summed E-state index contributed by atoms with van der Waals surface area (Å²) < 4.78 is 0. The Morgan fingerprint density at radius 3 is 2.45 bits per heavy atom. The highest BCUT2D eigenvalue weighted by molar-refractivity contribution is 6.08. The van der Waals surface area contributed by atoms with Crippen LogP contribution in [0.3, 0.4) is 0 Å². The van der Waals surface area contributed by atoms with Gasteiger partial charge in [-0.1, -0.05) is 36.4 Å². The second-order valence-corrected chi connectivity index (χ2v) is 7.68. The lowest BCUT2D eigenvalue weighted by Crippen LogP contribution is -2.26. The third-order valence-corrected chi connectivity index (χ3v) is 5.76. The lowest BCUT2D eigenvalue weighted by Gasteiger charge is -2.20. The first-order chi connectivity index (χ1) is 15.1. The summed E-state index contributed by atoms with van der Waals surface area (Å²) in [7, 11) is 1.80. The average molecular weight is 411 g/mol. The van der Waals surface area contributed by atoms with E-state index in [0.29, 0.717) is 5.56 Å². The molecule has 0 aliphatic carbocycles. The minimum Gasteiger partial charge on any atom is -0.404 e. The number of hydrogen-bond acceptors (Lipinski definition) is 4. The fourth-order valence-electron chi connectivity index (χ4n) is 3.98. The molecule has 1 heterocycles. The molecule has 3 aromatic carbocycles. The van der Waals surface area contributed by atoms with Gasteiger partial charge in [0.2, 0.25) is 0 Å². The van der Waals surface area contributed by atoms with Gasteiger partial charge in [-0.2, -0.15) is 0 Å². The fraction of sp³-hybridized carbons (Fsp3) is 0.154. The molecule has 0 aromatic heterocycles. The zero-order valence-electron chi connectivity index (χ0n) is 17.6. The molecule has 3 N–H and O–H groups in total. The fourth-order valence-corrected chi connectivity index (χ4v) is 3.98. The van der Waals surface area contributed by atoms with Crippen molar-refractivity contribution in [2.75, 3.05) is 23.4 Å². The number of nitrogens with one attached hydrogen (secondary N) is 1. The van der Waals surface area contributed by atoms with E-state index in [1.165, 1.54) is 23.7 Å². The van der Waals surface area contributed by atoms with E-state index in [9.17, 15) is 4.79 Å². The van der Waals surface area contributed by atoms with E-state index < -0.39 is 0 Å². The number of anilines is 2. The monoisotopic (exact) mass is 410 g/mol. The van der Waals surface area contributed by atoms with Crippen LogP contribution in [0, 0.1) is 5.41 Å². The second kappa shape index (κ2) is 8.88. The summed E-state index contributed by atoms with van der Waals surface area (Å²) in [5, 5.41) is 7.49. The van der Waals surface area contributed by atoms with Gasteiger partial charge in [0.25, 0.3) is 5.91 Å². The summed E-state index contributed by atoms with van der Waals surface area (Å²) in [6.45, 7) is 1.74. The van der Waals surface area contributed by atoms with Gasteiger partial charge in [-0.15, -0.1) is 0 Å². The molecule has 0 spiro atoms. The molecule has 5 nitrogen and oxygen atoms in total. The number of hydrogen-bond donors (Lipinski definition) is 2. The first-order valence-corrected chi connectivity index (χ1v) is 10.3. The van der Waals surface area contributed by atoms with Crippen molar-refractivity contribution in [2.45, 2.75) is 13.0 Å². The molecule has 156 valence electrons. The van der Waals surface area contributed by atoms with Crippen LogP contribution in [0.25, 0.3) is 5.57 Å². The van der Waals surface area contributed by atoms with Gasteiger partial charge in [0.1, 0.15) is 0 Å². The van der Waals surface area contributed by atoms with Crippen LogP contribution in [0.2, 0.25) is 0 Å². The van der Waals surface area contributed by atoms with Crippen molar-refractivity contribution < 1.29 is 4.79 Å². The molecule has 1 aliphatic heterocycles. The number of nitrogens with zero attached hydrogens (tertiary/aromatic N) is 2. The molecule has 4 rings (SSSR count). The van der Waals surface area contributed by atoms with Crippen LogP contribution >= 0.6 is 0 Å². The predicted octanol–water partition coefficient (Wildman–Crippen LogP) is 4.48. The van der Waals surface area contributed by atoms with Gasteiger partial charge in [-0.05, 0) is 59.5 Å². The van der Waals surface area contributed by atoms with E-state index in [1.54, 1.807) is 11.9 Å². The second-order valence-electron chi connectivity index (χ2n) is 7.68. The standard InChI is InChI=1S/C26H26N4O/c1-29(24-5-3-2-4-6-24)26(31)20-9-7-19(8-10-20)18-30-14-13-22-15-21(11-12-25(22)30)23(16-27)17-28/h2-12,15-17,27H,13-14,18,28H2,1H3/b23-17+,27-16?. The maximum atomic E-state index is 12.8. The summed E-state index contributed by atoms with van der Waals surface area (Å²) in [5.41, 5.74) is 12.5. The third-order valence-electron chi connectivity index (χ3n) is 5.76. The van der Waals surface area contributed by atoms with E-state index in [-0.39, 0.29) is 5.91 Å². The molecule has 1 amide bonds. The van der Waals surface area contributed by atoms with Gasteiger partial charge in [-0.3, -0.25) is 4.79 Å². The normalized spacial score (nSPS) is 13.1. The maximum Gasteiger partial charge on any atom is 0.258 e. The van der Waals surface area contributed by atoms with Crippen LogP contribution in [0.15, 0.2) is 79.0 Å². The Balaban J connectivity index is 1.46. The summed E-state index contributed by atoms with van der Waals surface area (Å²) in [6, 6.07) is 23.8. The highest BCUT2D eigenvalue weighted by atomic mass is 16.2. The summed E-state index contributed by atoms with van der Waals surface area (Å²) in [4.78, 5) is 16.8. The Labute approximate surface area is 182 Å². The lowest BCUT2D eigenvalue weighted by molar-refractivity contribution is 0.0993. The van der Waals surface area contributed by atoms with Crippen molar-refractivity contribution in [3.63, 3.8) is 0 Å². The van der Waals surface area contributed by atoms with Crippen LogP contribution in [0.1, 0.15) is 27.0 Å². The maximum absolute atomic E-state index is 12.8. The Kier molecular flexibility index (Phi) is 5.85. The Morgan fingerprint density at radius 1 is 1.06 bits per heavy atom. The number of fused-ring (bicyclic) bond motifs is 1. The van der Waals surface area contributed by atoms with Gasteiger partial charge in [0.05, 0.1) is 0 Å². The van der Waals surface area contributed by atoms with Crippen molar-refractivity contribution >= 4 is 29.1 Å². The first kappa shape index (κ1) is 20.4. The van der Waals surface area contributed by atoms with E-state index in [2.05, 4.69) is 17.0 Å². The molecule has 0 atom stereocenters. The van der Waals surface area contributed by atoms with Crippen molar-refractivity contribution in [1.29, 1.82) is 5.41 Å². The largest absolute Gasteiger partial charge is 0.404 e. The zero-order valence-corrected chi connectivity index (χ0v) is 17.6. The van der Waals surface area contributed by atoms with Crippen molar-refractivity contribution in [1.82, 2.24) is 0 Å². The van der Waals surface area contributed by atoms with E-state index in [0.717, 1.165) is 41.9 Å². The van der Waals surface area contributed by atoms with E-state index in [1.807, 2.05) is 60.7 Å². The number of nitrogens with two attached hydrogens (primary N) is 1. The number of para-hydroxylation sites is 1. The number of benzene rings is 3. The van der Waals surface area contributed by atoms with Crippen LogP contribution < -0.4 is 15.5 Å². The van der Waals surface area contributed by atoms with Crippen molar-refractivity contribution in [3.05, 3.63) is 101 Å². The summed E-state index contributed by atoms with van der Waals surface area (Å²) >= 11 is 0. The lowest BCUT2D eigenvalue weighted by atomic mass is 10.0.